The van der Waals surface area contributed by atoms with Gasteiger partial charge in [-0.25, -0.2) is 9.97 Å². The molecular weight excluding hydrogens is 311 g/mol. The van der Waals surface area contributed by atoms with Crippen LogP contribution in [0.15, 0.2) is 42.7 Å². The van der Waals surface area contributed by atoms with Crippen LogP contribution in [0.1, 0.15) is 6.42 Å². The summed E-state index contributed by atoms with van der Waals surface area (Å²) in [5.41, 5.74) is 1.21. The van der Waals surface area contributed by atoms with Gasteiger partial charge in [0, 0.05) is 5.56 Å². The largest absolute Gasteiger partial charge is 0.411 e. The fraction of sp³-hybridized carbons (Fsp3) is 0.267. The van der Waals surface area contributed by atoms with Crippen LogP contribution in [0.3, 0.4) is 0 Å². The molecule has 1 amide bonds. The first-order chi connectivity index (χ1) is 10.9. The lowest BCUT2D eigenvalue weighted by Crippen LogP contribution is -2.20. The van der Waals surface area contributed by atoms with Crippen molar-refractivity contribution in [3.05, 3.63) is 42.7 Å². The Kier molecular flexibility index (Phi) is 5.64. The Labute approximate surface area is 130 Å². The fourth-order valence-electron chi connectivity index (χ4n) is 1.71. The number of hydrogen-bond acceptors (Lipinski definition) is 4. The standard InChI is InChI=1S/C15H14F3N3O2/c16-15(17,18)10-23-7-6-13(22)21-12-8-19-14(20-9-12)11-4-2-1-3-5-11/h1-5,8-9H,6-7,10H2,(H,21,22). The number of rotatable bonds is 6. The van der Waals surface area contributed by atoms with Crippen LogP contribution in [0.2, 0.25) is 0 Å². The summed E-state index contributed by atoms with van der Waals surface area (Å²) in [4.78, 5) is 19.8. The first-order valence-electron chi connectivity index (χ1n) is 6.76. The van der Waals surface area contributed by atoms with Crippen molar-refractivity contribution in [2.24, 2.45) is 0 Å². The molecule has 0 radical (unpaired) electrons. The van der Waals surface area contributed by atoms with Crippen molar-refractivity contribution in [3.63, 3.8) is 0 Å². The van der Waals surface area contributed by atoms with E-state index in [1.807, 2.05) is 30.3 Å². The molecule has 2 rings (SSSR count). The molecule has 8 heteroatoms. The fourth-order valence-corrected chi connectivity index (χ4v) is 1.71. The number of anilines is 1. The van der Waals surface area contributed by atoms with Gasteiger partial charge in [-0.2, -0.15) is 13.2 Å². The van der Waals surface area contributed by atoms with Gasteiger partial charge in [0.15, 0.2) is 5.82 Å². The number of hydrogen-bond donors (Lipinski definition) is 1. The summed E-state index contributed by atoms with van der Waals surface area (Å²) in [6.45, 7) is -1.68. The second kappa shape index (κ2) is 7.68. The summed E-state index contributed by atoms with van der Waals surface area (Å²) in [5.74, 6) is 0.0420. The number of nitrogens with zero attached hydrogens (tertiary/aromatic N) is 2. The minimum absolute atomic E-state index is 0.184. The van der Waals surface area contributed by atoms with Crippen molar-refractivity contribution in [2.75, 3.05) is 18.5 Å². The minimum atomic E-state index is -4.39. The van der Waals surface area contributed by atoms with Gasteiger partial charge in [-0.15, -0.1) is 0 Å². The molecule has 0 atom stereocenters. The average molecular weight is 325 g/mol. The molecule has 122 valence electrons. The highest BCUT2D eigenvalue weighted by Crippen LogP contribution is 2.15. The molecule has 0 fully saturated rings. The molecule has 0 bridgehead atoms. The molecule has 0 spiro atoms. The normalized spacial score (nSPS) is 11.3. The maximum absolute atomic E-state index is 11.9. The molecule has 1 heterocycles. The molecule has 1 aromatic heterocycles. The summed E-state index contributed by atoms with van der Waals surface area (Å²) in [5, 5.41) is 2.49. The number of carbonyl (C=O) groups is 1. The number of benzene rings is 1. The number of amides is 1. The Morgan fingerprint density at radius 3 is 2.39 bits per heavy atom. The molecule has 0 aliphatic rings. The van der Waals surface area contributed by atoms with E-state index in [1.165, 1.54) is 12.4 Å². The predicted octanol–water partition coefficient (Wildman–Crippen LogP) is 3.05. The zero-order chi connectivity index (χ0) is 16.7. The third-order valence-electron chi connectivity index (χ3n) is 2.71. The highest BCUT2D eigenvalue weighted by molar-refractivity contribution is 5.90. The highest BCUT2D eigenvalue weighted by Gasteiger charge is 2.27. The molecule has 0 saturated heterocycles. The Balaban J connectivity index is 1.80. The minimum Gasteiger partial charge on any atom is -0.372 e. The van der Waals surface area contributed by atoms with E-state index in [0.29, 0.717) is 11.5 Å². The smallest absolute Gasteiger partial charge is 0.372 e. The van der Waals surface area contributed by atoms with Crippen molar-refractivity contribution in [3.8, 4) is 11.4 Å². The third-order valence-corrected chi connectivity index (χ3v) is 2.71. The maximum Gasteiger partial charge on any atom is 0.411 e. The lowest BCUT2D eigenvalue weighted by Gasteiger charge is -2.08. The van der Waals surface area contributed by atoms with E-state index in [9.17, 15) is 18.0 Å². The number of alkyl halides is 3. The van der Waals surface area contributed by atoms with Crippen molar-refractivity contribution >= 4 is 11.6 Å². The highest BCUT2D eigenvalue weighted by atomic mass is 19.4. The van der Waals surface area contributed by atoms with Gasteiger partial charge in [-0.1, -0.05) is 30.3 Å². The van der Waals surface area contributed by atoms with E-state index in [0.717, 1.165) is 5.56 Å². The van der Waals surface area contributed by atoms with E-state index in [4.69, 9.17) is 0 Å². The van der Waals surface area contributed by atoms with Gasteiger partial charge in [0.25, 0.3) is 0 Å². The van der Waals surface area contributed by atoms with Crippen LogP contribution in [-0.4, -0.2) is 35.3 Å². The van der Waals surface area contributed by atoms with Gasteiger partial charge in [0.05, 0.1) is 31.1 Å². The van der Waals surface area contributed by atoms with Crippen molar-refractivity contribution < 1.29 is 22.7 Å². The number of aromatic nitrogens is 2. The number of carbonyl (C=O) groups excluding carboxylic acids is 1. The van der Waals surface area contributed by atoms with Crippen LogP contribution in [0, 0.1) is 0 Å². The van der Waals surface area contributed by atoms with Gasteiger partial charge < -0.3 is 10.1 Å². The quantitative estimate of drug-likeness (QED) is 0.829. The van der Waals surface area contributed by atoms with Crippen LogP contribution in [-0.2, 0) is 9.53 Å². The zero-order valence-corrected chi connectivity index (χ0v) is 12.0. The van der Waals surface area contributed by atoms with Gasteiger partial charge in [-0.05, 0) is 0 Å². The molecule has 1 aromatic carbocycles. The molecule has 5 nitrogen and oxygen atoms in total. The van der Waals surface area contributed by atoms with E-state index in [1.54, 1.807) is 0 Å². The Morgan fingerprint density at radius 1 is 1.13 bits per heavy atom. The van der Waals surface area contributed by atoms with Gasteiger partial charge >= 0.3 is 6.18 Å². The lowest BCUT2D eigenvalue weighted by molar-refractivity contribution is -0.174. The second-order valence-corrected chi connectivity index (χ2v) is 4.63. The van der Waals surface area contributed by atoms with Gasteiger partial charge in [0.2, 0.25) is 5.91 Å². The first-order valence-corrected chi connectivity index (χ1v) is 6.76. The number of ether oxygens (including phenoxy) is 1. The molecule has 1 N–H and O–H groups in total. The van der Waals surface area contributed by atoms with Crippen LogP contribution < -0.4 is 5.32 Å². The SMILES string of the molecule is O=C(CCOCC(F)(F)F)Nc1cnc(-c2ccccc2)nc1. The van der Waals surface area contributed by atoms with E-state index in [-0.39, 0.29) is 13.0 Å². The monoisotopic (exact) mass is 325 g/mol. The summed E-state index contributed by atoms with van der Waals surface area (Å²) in [6, 6.07) is 9.29. The van der Waals surface area contributed by atoms with Crippen molar-refractivity contribution in [1.82, 2.24) is 9.97 Å². The van der Waals surface area contributed by atoms with Crippen LogP contribution in [0.5, 0.6) is 0 Å². The molecule has 2 aromatic rings. The molecule has 0 unspecified atom stereocenters. The number of nitrogens with one attached hydrogen (secondary N) is 1. The summed E-state index contributed by atoms with van der Waals surface area (Å²) < 4.78 is 40.0. The Bertz CT molecular complexity index is 631. The second-order valence-electron chi connectivity index (χ2n) is 4.63. The van der Waals surface area contributed by atoms with Crippen LogP contribution in [0.25, 0.3) is 11.4 Å². The van der Waals surface area contributed by atoms with Crippen molar-refractivity contribution in [2.45, 2.75) is 12.6 Å². The molecule has 0 aliphatic heterocycles. The van der Waals surface area contributed by atoms with Gasteiger partial charge in [-0.3, -0.25) is 4.79 Å². The summed E-state index contributed by atoms with van der Waals surface area (Å²) >= 11 is 0. The molecular formula is C15H14F3N3O2. The topological polar surface area (TPSA) is 64.1 Å². The first kappa shape index (κ1) is 16.9. The van der Waals surface area contributed by atoms with E-state index >= 15 is 0 Å². The number of halogens is 3. The maximum atomic E-state index is 11.9. The Hall–Kier alpha value is -2.48. The Morgan fingerprint density at radius 2 is 1.78 bits per heavy atom. The molecule has 23 heavy (non-hydrogen) atoms. The van der Waals surface area contributed by atoms with Crippen LogP contribution in [0.4, 0.5) is 18.9 Å². The predicted molar refractivity (Wildman–Crippen MR) is 77.6 cm³/mol. The lowest BCUT2D eigenvalue weighted by atomic mass is 10.2. The zero-order valence-electron chi connectivity index (χ0n) is 12.0. The molecule has 0 aliphatic carbocycles. The summed E-state index contributed by atoms with van der Waals surface area (Å²) in [6.07, 6.45) is -1.71. The summed E-state index contributed by atoms with van der Waals surface area (Å²) in [7, 11) is 0. The van der Waals surface area contributed by atoms with E-state index in [2.05, 4.69) is 20.0 Å². The molecule has 0 saturated carbocycles. The van der Waals surface area contributed by atoms with E-state index < -0.39 is 18.7 Å². The average Bonchev–Trinajstić information content (AvgIpc) is 2.52. The van der Waals surface area contributed by atoms with Gasteiger partial charge in [0.1, 0.15) is 6.61 Å². The third kappa shape index (κ3) is 6.03. The van der Waals surface area contributed by atoms with Crippen LogP contribution >= 0.6 is 0 Å². The van der Waals surface area contributed by atoms with Crippen molar-refractivity contribution in [1.29, 1.82) is 0 Å².